The van der Waals surface area contributed by atoms with Gasteiger partial charge in [-0.05, 0) is 18.3 Å². The SMILES string of the molecule is Cn1cc2cccc(NC(N)=S)c2n1. The molecule has 5 heteroatoms. The third-order valence-electron chi connectivity index (χ3n) is 1.91. The summed E-state index contributed by atoms with van der Waals surface area (Å²) in [5.41, 5.74) is 7.13. The van der Waals surface area contributed by atoms with Crippen LogP contribution in [0.2, 0.25) is 0 Å². The molecule has 0 saturated carbocycles. The lowest BCUT2D eigenvalue weighted by Crippen LogP contribution is -2.19. The Balaban J connectivity index is 2.58. The Morgan fingerprint density at radius 1 is 1.57 bits per heavy atom. The monoisotopic (exact) mass is 206 g/mol. The maximum absolute atomic E-state index is 5.41. The minimum atomic E-state index is 0.253. The number of nitrogens with one attached hydrogen (secondary N) is 1. The number of hydrogen-bond donors (Lipinski definition) is 2. The quantitative estimate of drug-likeness (QED) is 0.689. The second-order valence-electron chi connectivity index (χ2n) is 3.04. The topological polar surface area (TPSA) is 55.9 Å². The first-order valence-electron chi connectivity index (χ1n) is 4.15. The number of anilines is 1. The fourth-order valence-electron chi connectivity index (χ4n) is 1.40. The van der Waals surface area contributed by atoms with Gasteiger partial charge < -0.3 is 11.1 Å². The smallest absolute Gasteiger partial charge is 0.168 e. The predicted molar refractivity (Wildman–Crippen MR) is 61.1 cm³/mol. The molecule has 0 spiro atoms. The summed E-state index contributed by atoms with van der Waals surface area (Å²) >= 11 is 4.78. The fourth-order valence-corrected chi connectivity index (χ4v) is 1.51. The molecule has 1 aromatic heterocycles. The molecule has 2 rings (SSSR count). The molecule has 4 nitrogen and oxygen atoms in total. The summed E-state index contributed by atoms with van der Waals surface area (Å²) in [6.07, 6.45) is 1.94. The number of aryl methyl sites for hydroxylation is 1. The van der Waals surface area contributed by atoms with Crippen LogP contribution < -0.4 is 11.1 Å². The zero-order valence-corrected chi connectivity index (χ0v) is 8.51. The van der Waals surface area contributed by atoms with Gasteiger partial charge in [0.2, 0.25) is 0 Å². The summed E-state index contributed by atoms with van der Waals surface area (Å²) in [4.78, 5) is 0. The van der Waals surface area contributed by atoms with Crippen LogP contribution in [0.25, 0.3) is 10.9 Å². The number of rotatable bonds is 1. The number of hydrogen-bond acceptors (Lipinski definition) is 2. The first-order chi connectivity index (χ1) is 6.66. The number of benzene rings is 1. The molecular weight excluding hydrogens is 196 g/mol. The molecule has 0 aliphatic heterocycles. The molecule has 0 saturated heterocycles. The van der Waals surface area contributed by atoms with Gasteiger partial charge in [-0.25, -0.2) is 0 Å². The van der Waals surface area contributed by atoms with Gasteiger partial charge >= 0.3 is 0 Å². The standard InChI is InChI=1S/C9H10N4S/c1-13-5-6-3-2-4-7(8(6)12-13)11-9(10)14/h2-5H,1H3,(H3,10,11,14). The van der Waals surface area contributed by atoms with Crippen molar-refractivity contribution >= 4 is 33.9 Å². The molecule has 14 heavy (non-hydrogen) atoms. The van der Waals surface area contributed by atoms with Crippen LogP contribution in [0.5, 0.6) is 0 Å². The summed E-state index contributed by atoms with van der Waals surface area (Å²) < 4.78 is 1.76. The van der Waals surface area contributed by atoms with E-state index in [9.17, 15) is 0 Å². The highest BCUT2D eigenvalue weighted by Gasteiger charge is 2.04. The van der Waals surface area contributed by atoms with Crippen molar-refractivity contribution in [1.29, 1.82) is 0 Å². The second kappa shape index (κ2) is 3.26. The maximum atomic E-state index is 5.41. The van der Waals surface area contributed by atoms with Gasteiger partial charge in [-0.2, -0.15) is 5.10 Å². The van der Waals surface area contributed by atoms with Crippen molar-refractivity contribution in [2.75, 3.05) is 5.32 Å². The number of nitrogens with zero attached hydrogens (tertiary/aromatic N) is 2. The minimum absolute atomic E-state index is 0.253. The molecule has 0 atom stereocenters. The third-order valence-corrected chi connectivity index (χ3v) is 2.01. The molecule has 0 bridgehead atoms. The molecular formula is C9H10N4S. The van der Waals surface area contributed by atoms with Crippen molar-refractivity contribution in [3.05, 3.63) is 24.4 Å². The number of aromatic nitrogens is 2. The van der Waals surface area contributed by atoms with Crippen molar-refractivity contribution < 1.29 is 0 Å². The van der Waals surface area contributed by atoms with Crippen molar-refractivity contribution in [3.8, 4) is 0 Å². The molecule has 0 aliphatic rings. The van der Waals surface area contributed by atoms with E-state index in [4.69, 9.17) is 18.0 Å². The molecule has 0 amide bonds. The zero-order chi connectivity index (χ0) is 10.1. The van der Waals surface area contributed by atoms with Crippen molar-refractivity contribution in [3.63, 3.8) is 0 Å². The van der Waals surface area contributed by atoms with E-state index < -0.39 is 0 Å². The lowest BCUT2D eigenvalue weighted by Gasteiger charge is -2.03. The summed E-state index contributed by atoms with van der Waals surface area (Å²) in [5.74, 6) is 0. The Labute approximate surface area is 86.7 Å². The van der Waals surface area contributed by atoms with Crippen LogP contribution >= 0.6 is 12.2 Å². The lowest BCUT2D eigenvalue weighted by atomic mass is 10.2. The molecule has 0 fully saturated rings. The average Bonchev–Trinajstić information content (AvgIpc) is 2.45. The van der Waals surface area contributed by atoms with Gasteiger partial charge in [-0.1, -0.05) is 12.1 Å². The molecule has 1 aromatic carbocycles. The van der Waals surface area contributed by atoms with E-state index in [1.807, 2.05) is 31.4 Å². The van der Waals surface area contributed by atoms with E-state index in [1.54, 1.807) is 4.68 Å². The van der Waals surface area contributed by atoms with Crippen LogP contribution in [0.3, 0.4) is 0 Å². The maximum Gasteiger partial charge on any atom is 0.168 e. The van der Waals surface area contributed by atoms with E-state index in [0.717, 1.165) is 16.6 Å². The van der Waals surface area contributed by atoms with E-state index >= 15 is 0 Å². The second-order valence-corrected chi connectivity index (χ2v) is 3.48. The third kappa shape index (κ3) is 1.54. The van der Waals surface area contributed by atoms with Crippen LogP contribution in [-0.4, -0.2) is 14.9 Å². The summed E-state index contributed by atoms with van der Waals surface area (Å²) in [6, 6.07) is 5.83. The van der Waals surface area contributed by atoms with Gasteiger partial charge in [-0.15, -0.1) is 0 Å². The minimum Gasteiger partial charge on any atom is -0.376 e. The van der Waals surface area contributed by atoms with Crippen molar-refractivity contribution in [2.45, 2.75) is 0 Å². The first-order valence-corrected chi connectivity index (χ1v) is 4.56. The van der Waals surface area contributed by atoms with Crippen molar-refractivity contribution in [2.24, 2.45) is 12.8 Å². The molecule has 72 valence electrons. The fraction of sp³-hybridized carbons (Fsp3) is 0.111. The van der Waals surface area contributed by atoms with Gasteiger partial charge in [-0.3, -0.25) is 4.68 Å². The van der Waals surface area contributed by atoms with Crippen LogP contribution in [0.15, 0.2) is 24.4 Å². The number of fused-ring (bicyclic) bond motifs is 1. The Morgan fingerprint density at radius 2 is 2.36 bits per heavy atom. The highest BCUT2D eigenvalue weighted by Crippen LogP contribution is 2.20. The van der Waals surface area contributed by atoms with Gasteiger partial charge in [0.05, 0.1) is 5.69 Å². The van der Waals surface area contributed by atoms with Gasteiger partial charge in [0.1, 0.15) is 5.52 Å². The molecule has 0 unspecified atom stereocenters. The number of thiocarbonyl (C=S) groups is 1. The summed E-state index contributed by atoms with van der Waals surface area (Å²) in [6.45, 7) is 0. The van der Waals surface area contributed by atoms with E-state index in [0.29, 0.717) is 0 Å². The Morgan fingerprint density at radius 3 is 3.07 bits per heavy atom. The van der Waals surface area contributed by atoms with E-state index in [1.165, 1.54) is 0 Å². The van der Waals surface area contributed by atoms with Crippen LogP contribution in [0, 0.1) is 0 Å². The van der Waals surface area contributed by atoms with Crippen LogP contribution in [-0.2, 0) is 7.05 Å². The van der Waals surface area contributed by atoms with E-state index in [-0.39, 0.29) is 5.11 Å². The molecule has 0 aliphatic carbocycles. The average molecular weight is 206 g/mol. The first kappa shape index (κ1) is 8.96. The normalized spacial score (nSPS) is 10.4. The van der Waals surface area contributed by atoms with Crippen LogP contribution in [0.4, 0.5) is 5.69 Å². The van der Waals surface area contributed by atoms with Gasteiger partial charge in [0, 0.05) is 18.6 Å². The Kier molecular flexibility index (Phi) is 2.09. The zero-order valence-electron chi connectivity index (χ0n) is 7.69. The molecule has 3 N–H and O–H groups in total. The Hall–Kier alpha value is -1.62. The van der Waals surface area contributed by atoms with Gasteiger partial charge in [0.15, 0.2) is 5.11 Å². The summed E-state index contributed by atoms with van der Waals surface area (Å²) in [7, 11) is 1.88. The molecule has 0 radical (unpaired) electrons. The number of nitrogens with two attached hydrogens (primary N) is 1. The largest absolute Gasteiger partial charge is 0.376 e. The predicted octanol–water partition coefficient (Wildman–Crippen LogP) is 1.23. The highest BCUT2D eigenvalue weighted by atomic mass is 32.1. The molecule has 2 aromatic rings. The van der Waals surface area contributed by atoms with Crippen LogP contribution in [0.1, 0.15) is 0 Å². The molecule has 1 heterocycles. The highest BCUT2D eigenvalue weighted by molar-refractivity contribution is 7.80. The Bertz CT molecular complexity index is 489. The van der Waals surface area contributed by atoms with E-state index in [2.05, 4.69) is 10.4 Å². The van der Waals surface area contributed by atoms with Gasteiger partial charge in [0.25, 0.3) is 0 Å². The lowest BCUT2D eigenvalue weighted by molar-refractivity contribution is 0.780. The van der Waals surface area contributed by atoms with Crippen molar-refractivity contribution in [1.82, 2.24) is 9.78 Å². The summed E-state index contributed by atoms with van der Waals surface area (Å²) in [5, 5.41) is 8.52.